The van der Waals surface area contributed by atoms with Crippen molar-refractivity contribution in [3.05, 3.63) is 11.3 Å². The van der Waals surface area contributed by atoms with Crippen LogP contribution in [0, 0.1) is 0 Å². The first-order valence-electron chi connectivity index (χ1n) is 5.23. The van der Waals surface area contributed by atoms with Crippen molar-refractivity contribution in [3.8, 4) is 0 Å². The zero-order valence-electron chi connectivity index (χ0n) is 10.8. The molecule has 0 amide bonds. The van der Waals surface area contributed by atoms with Gasteiger partial charge in [-0.1, -0.05) is 11.6 Å². The van der Waals surface area contributed by atoms with E-state index in [-0.39, 0.29) is 17.4 Å². The molecule has 0 atom stereocenters. The lowest BCUT2D eigenvalue weighted by atomic mass is 10.2. The lowest BCUT2D eigenvalue weighted by Crippen LogP contribution is -2.43. The van der Waals surface area contributed by atoms with Gasteiger partial charge in [0, 0.05) is 19.8 Å². The Hall–Kier alpha value is -1.08. The molecule has 1 aromatic heterocycles. The summed E-state index contributed by atoms with van der Waals surface area (Å²) in [6.45, 7) is 3.55. The number of nitrogens with two attached hydrogens (primary N) is 1. The molecular formula is C10H17ClN4O2S. The smallest absolute Gasteiger partial charge is 0.154 e. The van der Waals surface area contributed by atoms with Crippen LogP contribution in [0.3, 0.4) is 0 Å². The number of halogens is 1. The average Bonchev–Trinajstić information content (AvgIpc) is 2.19. The second kappa shape index (κ2) is 4.89. The second-order valence-electron chi connectivity index (χ2n) is 4.78. The number of sulfone groups is 1. The van der Waals surface area contributed by atoms with Gasteiger partial charge in [-0.05, 0) is 13.8 Å². The molecule has 1 heterocycles. The standard InChI is InChI=1S/C10H17ClN4O2S/c1-10(2,18(4,16)17)5-15(3)9-7(11)8(12)13-6-14-9/h6H,5H2,1-4H3,(H2,12,13,14). The minimum absolute atomic E-state index is 0.172. The summed E-state index contributed by atoms with van der Waals surface area (Å²) in [6, 6.07) is 0. The third kappa shape index (κ3) is 3.02. The lowest BCUT2D eigenvalue weighted by molar-refractivity contribution is 0.549. The number of nitrogen functional groups attached to an aromatic ring is 1. The van der Waals surface area contributed by atoms with Gasteiger partial charge in [0.15, 0.2) is 15.7 Å². The fourth-order valence-electron chi connectivity index (χ4n) is 1.40. The maximum Gasteiger partial charge on any atom is 0.154 e. The Morgan fingerprint density at radius 1 is 1.44 bits per heavy atom. The van der Waals surface area contributed by atoms with Gasteiger partial charge in [0.05, 0.1) is 4.75 Å². The van der Waals surface area contributed by atoms with Crippen LogP contribution in [0.5, 0.6) is 0 Å². The summed E-state index contributed by atoms with van der Waals surface area (Å²) < 4.78 is 22.4. The summed E-state index contributed by atoms with van der Waals surface area (Å²) in [5.74, 6) is 0.589. The average molecular weight is 293 g/mol. The minimum Gasteiger partial charge on any atom is -0.382 e. The zero-order chi connectivity index (χ0) is 14.1. The summed E-state index contributed by atoms with van der Waals surface area (Å²) in [6.07, 6.45) is 2.50. The van der Waals surface area contributed by atoms with Gasteiger partial charge in [0.2, 0.25) is 0 Å². The molecule has 0 saturated heterocycles. The van der Waals surface area contributed by atoms with E-state index in [4.69, 9.17) is 17.3 Å². The SMILES string of the molecule is CN(CC(C)(C)S(C)(=O)=O)c1ncnc(N)c1Cl. The van der Waals surface area contributed by atoms with Crippen molar-refractivity contribution in [1.82, 2.24) is 9.97 Å². The molecule has 0 aromatic carbocycles. The molecule has 0 aliphatic carbocycles. The van der Waals surface area contributed by atoms with Gasteiger partial charge in [0.25, 0.3) is 0 Å². The largest absolute Gasteiger partial charge is 0.382 e. The van der Waals surface area contributed by atoms with E-state index < -0.39 is 14.6 Å². The molecule has 0 unspecified atom stereocenters. The molecule has 1 rings (SSSR count). The molecule has 102 valence electrons. The molecule has 0 aliphatic rings. The van der Waals surface area contributed by atoms with E-state index in [0.717, 1.165) is 0 Å². The van der Waals surface area contributed by atoms with Crippen LogP contribution in [0.4, 0.5) is 11.6 Å². The Balaban J connectivity index is 3.03. The van der Waals surface area contributed by atoms with Gasteiger partial charge in [-0.3, -0.25) is 0 Å². The van der Waals surface area contributed by atoms with Crippen LogP contribution >= 0.6 is 11.6 Å². The molecule has 0 fully saturated rings. The van der Waals surface area contributed by atoms with Crippen LogP contribution in [0.1, 0.15) is 13.8 Å². The lowest BCUT2D eigenvalue weighted by Gasteiger charge is -2.29. The van der Waals surface area contributed by atoms with Crippen LogP contribution in [0.15, 0.2) is 6.33 Å². The van der Waals surface area contributed by atoms with Crippen LogP contribution in [-0.2, 0) is 9.84 Å². The summed E-state index contributed by atoms with van der Waals surface area (Å²) in [5, 5.41) is 0.226. The van der Waals surface area contributed by atoms with Crippen LogP contribution in [0.25, 0.3) is 0 Å². The van der Waals surface area contributed by atoms with Crippen molar-refractivity contribution in [2.75, 3.05) is 30.5 Å². The molecule has 6 nitrogen and oxygen atoms in total. The van der Waals surface area contributed by atoms with Gasteiger partial charge < -0.3 is 10.6 Å². The normalized spacial score (nSPS) is 12.5. The number of nitrogens with zero attached hydrogens (tertiary/aromatic N) is 3. The van der Waals surface area contributed by atoms with Crippen molar-refractivity contribution in [2.45, 2.75) is 18.6 Å². The maximum absolute atomic E-state index is 11.7. The highest BCUT2D eigenvalue weighted by Gasteiger charge is 2.32. The topological polar surface area (TPSA) is 89.2 Å². The second-order valence-corrected chi connectivity index (χ2v) is 7.81. The first-order chi connectivity index (χ1) is 8.06. The van der Waals surface area contributed by atoms with Crippen LogP contribution in [-0.4, -0.2) is 43.0 Å². The molecule has 0 bridgehead atoms. The fourth-order valence-corrected chi connectivity index (χ4v) is 2.07. The first-order valence-corrected chi connectivity index (χ1v) is 7.50. The third-order valence-electron chi connectivity index (χ3n) is 2.78. The Labute approximate surface area is 112 Å². The summed E-state index contributed by atoms with van der Waals surface area (Å²) in [5.41, 5.74) is 5.58. The zero-order valence-corrected chi connectivity index (χ0v) is 12.4. The molecule has 1 aromatic rings. The molecule has 8 heteroatoms. The van der Waals surface area contributed by atoms with Gasteiger partial charge in [0.1, 0.15) is 17.2 Å². The Morgan fingerprint density at radius 2 is 2.00 bits per heavy atom. The van der Waals surface area contributed by atoms with E-state index >= 15 is 0 Å². The van der Waals surface area contributed by atoms with Crippen molar-refractivity contribution >= 4 is 33.1 Å². The Morgan fingerprint density at radius 3 is 2.50 bits per heavy atom. The van der Waals surface area contributed by atoms with Crippen molar-refractivity contribution in [2.24, 2.45) is 0 Å². The molecule has 0 spiro atoms. The van der Waals surface area contributed by atoms with Gasteiger partial charge in [-0.2, -0.15) is 0 Å². The van der Waals surface area contributed by atoms with Crippen LogP contribution < -0.4 is 10.6 Å². The summed E-state index contributed by atoms with van der Waals surface area (Å²) in [7, 11) is -1.48. The minimum atomic E-state index is -3.19. The highest BCUT2D eigenvalue weighted by molar-refractivity contribution is 7.92. The van der Waals surface area contributed by atoms with Crippen molar-refractivity contribution in [3.63, 3.8) is 0 Å². The quantitative estimate of drug-likeness (QED) is 0.889. The Bertz CT molecular complexity index is 545. The molecule has 18 heavy (non-hydrogen) atoms. The van der Waals surface area contributed by atoms with Gasteiger partial charge in [-0.25, -0.2) is 18.4 Å². The number of aromatic nitrogens is 2. The number of anilines is 2. The van der Waals surface area contributed by atoms with E-state index in [1.807, 2.05) is 0 Å². The number of rotatable bonds is 4. The first kappa shape index (κ1) is 15.0. The number of hydrogen-bond donors (Lipinski definition) is 1. The monoisotopic (exact) mass is 292 g/mol. The van der Waals surface area contributed by atoms with Gasteiger partial charge in [-0.15, -0.1) is 0 Å². The predicted molar refractivity (Wildman–Crippen MR) is 73.6 cm³/mol. The van der Waals surface area contributed by atoms with E-state index in [2.05, 4.69) is 9.97 Å². The summed E-state index contributed by atoms with van der Waals surface area (Å²) in [4.78, 5) is 9.42. The van der Waals surface area contributed by atoms with E-state index in [1.165, 1.54) is 12.6 Å². The van der Waals surface area contributed by atoms with Gasteiger partial charge >= 0.3 is 0 Å². The molecule has 0 radical (unpaired) electrons. The van der Waals surface area contributed by atoms with Crippen molar-refractivity contribution < 1.29 is 8.42 Å². The van der Waals surface area contributed by atoms with Crippen molar-refractivity contribution in [1.29, 1.82) is 0 Å². The van der Waals surface area contributed by atoms with Crippen LogP contribution in [0.2, 0.25) is 5.02 Å². The Kier molecular flexibility index (Phi) is 4.07. The van der Waals surface area contributed by atoms with E-state index in [1.54, 1.807) is 25.8 Å². The highest BCUT2D eigenvalue weighted by atomic mass is 35.5. The summed E-state index contributed by atoms with van der Waals surface area (Å²) >= 11 is 5.99. The molecule has 0 saturated carbocycles. The van der Waals surface area contributed by atoms with E-state index in [9.17, 15) is 8.42 Å². The van der Waals surface area contributed by atoms with E-state index in [0.29, 0.717) is 5.82 Å². The molecule has 0 aliphatic heterocycles. The predicted octanol–water partition coefficient (Wildman–Crippen LogP) is 0.972. The maximum atomic E-state index is 11.7. The third-order valence-corrected chi connectivity index (χ3v) is 5.28. The fraction of sp³-hybridized carbons (Fsp3) is 0.600. The molecular weight excluding hydrogens is 276 g/mol. The molecule has 2 N–H and O–H groups in total. The number of hydrogen-bond acceptors (Lipinski definition) is 6. The highest BCUT2D eigenvalue weighted by Crippen LogP contribution is 2.28.